The van der Waals surface area contributed by atoms with Crippen LogP contribution in [0.1, 0.15) is 51.6 Å². The van der Waals surface area contributed by atoms with Gasteiger partial charge in [0.25, 0.3) is 5.91 Å². The molecule has 0 aliphatic carbocycles. The molecule has 1 heterocycles. The molecule has 0 aromatic heterocycles. The van der Waals surface area contributed by atoms with Crippen LogP contribution in [0.5, 0.6) is 0 Å². The normalized spacial score (nSPS) is 13.8. The average Bonchev–Trinajstić information content (AvgIpc) is 3.39. The lowest BCUT2D eigenvalue weighted by Crippen LogP contribution is -2.32. The summed E-state index contributed by atoms with van der Waals surface area (Å²) in [5.74, 6) is -1.24. The van der Waals surface area contributed by atoms with E-state index in [0.717, 1.165) is 37.2 Å². The third kappa shape index (κ3) is 6.00. The Balaban J connectivity index is 1.57. The molecule has 1 atom stereocenters. The molecule has 1 fully saturated rings. The average molecular weight is 491 g/mol. The van der Waals surface area contributed by atoms with Crippen LogP contribution in [0.4, 0.5) is 11.4 Å². The van der Waals surface area contributed by atoms with E-state index in [4.69, 9.17) is 17.3 Å². The van der Waals surface area contributed by atoms with Gasteiger partial charge in [-0.25, -0.2) is 0 Å². The molecule has 4 rings (SSSR count). The van der Waals surface area contributed by atoms with Crippen molar-refractivity contribution in [2.45, 2.75) is 25.3 Å². The number of carbonyl (C=O) groups is 3. The highest BCUT2D eigenvalue weighted by molar-refractivity contribution is 6.33. The highest BCUT2D eigenvalue weighted by atomic mass is 35.5. The van der Waals surface area contributed by atoms with E-state index in [0.29, 0.717) is 21.8 Å². The van der Waals surface area contributed by atoms with Crippen LogP contribution in [0.2, 0.25) is 5.02 Å². The Morgan fingerprint density at radius 2 is 1.63 bits per heavy atom. The fourth-order valence-electron chi connectivity index (χ4n) is 4.23. The Hall–Kier alpha value is -3.84. The first-order chi connectivity index (χ1) is 16.9. The lowest BCUT2D eigenvalue weighted by Gasteiger charge is -2.23. The molecule has 0 saturated carbocycles. The van der Waals surface area contributed by atoms with E-state index in [1.807, 2.05) is 36.4 Å². The summed E-state index contributed by atoms with van der Waals surface area (Å²) in [6.07, 6.45) is 2.12. The second kappa shape index (κ2) is 11.1. The predicted octanol–water partition coefficient (Wildman–Crippen LogP) is 4.54. The molecule has 1 unspecified atom stereocenters. The van der Waals surface area contributed by atoms with Crippen molar-refractivity contribution in [3.63, 3.8) is 0 Å². The smallest absolute Gasteiger partial charge is 0.253 e. The van der Waals surface area contributed by atoms with Crippen molar-refractivity contribution in [3.05, 3.63) is 94.5 Å². The maximum absolute atomic E-state index is 13.2. The maximum Gasteiger partial charge on any atom is 0.253 e. The molecule has 180 valence electrons. The van der Waals surface area contributed by atoms with Crippen LogP contribution in [0.15, 0.2) is 72.8 Å². The summed E-state index contributed by atoms with van der Waals surface area (Å²) in [5.41, 5.74) is 8.28. The summed E-state index contributed by atoms with van der Waals surface area (Å²) in [7, 11) is 0. The van der Waals surface area contributed by atoms with E-state index in [2.05, 4.69) is 15.5 Å². The van der Waals surface area contributed by atoms with E-state index in [9.17, 15) is 14.4 Å². The van der Waals surface area contributed by atoms with Gasteiger partial charge in [-0.2, -0.15) is 0 Å². The van der Waals surface area contributed by atoms with Crippen molar-refractivity contribution in [1.82, 2.24) is 5.32 Å². The molecule has 35 heavy (non-hydrogen) atoms. The first kappa shape index (κ1) is 24.3. The van der Waals surface area contributed by atoms with Gasteiger partial charge in [0.1, 0.15) is 0 Å². The maximum atomic E-state index is 13.2. The molecule has 0 spiro atoms. The molecule has 3 aromatic carbocycles. The number of hydrogen-bond donors (Lipinski definition) is 3. The van der Waals surface area contributed by atoms with Gasteiger partial charge in [-0.3, -0.25) is 14.4 Å². The van der Waals surface area contributed by atoms with Gasteiger partial charge in [-0.1, -0.05) is 54.1 Å². The summed E-state index contributed by atoms with van der Waals surface area (Å²) in [4.78, 5) is 40.1. The van der Waals surface area contributed by atoms with Crippen molar-refractivity contribution in [3.8, 4) is 0 Å². The number of amides is 3. The highest BCUT2D eigenvalue weighted by Crippen LogP contribution is 2.31. The summed E-state index contributed by atoms with van der Waals surface area (Å²) >= 11 is 6.20. The summed E-state index contributed by atoms with van der Waals surface area (Å²) in [6, 6.07) is 20.5. The molecule has 4 N–H and O–H groups in total. The monoisotopic (exact) mass is 490 g/mol. The number of halogens is 1. The number of hydrogen-bond acceptors (Lipinski definition) is 4. The van der Waals surface area contributed by atoms with Gasteiger partial charge in [0, 0.05) is 18.7 Å². The first-order valence-electron chi connectivity index (χ1n) is 11.5. The van der Waals surface area contributed by atoms with E-state index < -0.39 is 11.9 Å². The van der Waals surface area contributed by atoms with Crippen LogP contribution in [-0.4, -0.2) is 30.8 Å². The Kier molecular flexibility index (Phi) is 7.67. The van der Waals surface area contributed by atoms with Gasteiger partial charge in [0.15, 0.2) is 0 Å². The number of nitrogens with one attached hydrogen (secondary N) is 2. The van der Waals surface area contributed by atoms with Crippen LogP contribution in [-0.2, 0) is 4.79 Å². The van der Waals surface area contributed by atoms with Crippen LogP contribution < -0.4 is 21.3 Å². The molecular weight excluding hydrogens is 464 g/mol. The van der Waals surface area contributed by atoms with Crippen molar-refractivity contribution in [2.24, 2.45) is 5.73 Å². The van der Waals surface area contributed by atoms with Crippen LogP contribution in [0.25, 0.3) is 0 Å². The zero-order valence-corrected chi connectivity index (χ0v) is 19.9. The number of nitrogens with zero attached hydrogens (tertiary/aromatic N) is 1. The first-order valence-corrected chi connectivity index (χ1v) is 11.9. The second-order valence-corrected chi connectivity index (χ2v) is 8.87. The number of nitrogens with two attached hydrogens (primary N) is 1. The Bertz CT molecular complexity index is 1230. The second-order valence-electron chi connectivity index (χ2n) is 8.46. The number of primary amides is 1. The number of benzene rings is 3. The van der Waals surface area contributed by atoms with E-state index in [1.165, 1.54) is 0 Å². The minimum absolute atomic E-state index is 0.0134. The molecule has 1 saturated heterocycles. The van der Waals surface area contributed by atoms with Crippen LogP contribution in [0.3, 0.4) is 0 Å². The standard InChI is InChI=1S/C27H27ClN4O3/c28-21-11-5-4-10-20(21)27(35)31-22(18-8-2-1-3-9-18)17-25(33)30-23-16-19(26(29)34)12-13-24(23)32-14-6-7-15-32/h1-5,8-13,16,22H,6-7,14-15,17H2,(H2,29,34)(H,30,33)(H,31,35). The third-order valence-corrected chi connectivity index (χ3v) is 6.35. The zero-order valence-electron chi connectivity index (χ0n) is 19.2. The lowest BCUT2D eigenvalue weighted by molar-refractivity contribution is -0.116. The zero-order chi connectivity index (χ0) is 24.8. The minimum atomic E-state index is -0.588. The molecule has 0 radical (unpaired) electrons. The molecule has 7 nitrogen and oxygen atoms in total. The molecule has 1 aliphatic rings. The number of carbonyl (C=O) groups excluding carboxylic acids is 3. The van der Waals surface area contributed by atoms with Gasteiger partial charge in [-0.15, -0.1) is 0 Å². The Morgan fingerprint density at radius 1 is 0.943 bits per heavy atom. The number of rotatable bonds is 8. The topological polar surface area (TPSA) is 105 Å². The largest absolute Gasteiger partial charge is 0.370 e. The summed E-state index contributed by atoms with van der Waals surface area (Å²) < 4.78 is 0. The van der Waals surface area contributed by atoms with E-state index >= 15 is 0 Å². The van der Waals surface area contributed by atoms with Gasteiger partial charge in [0.05, 0.1) is 34.4 Å². The van der Waals surface area contributed by atoms with Crippen molar-refractivity contribution >= 4 is 40.7 Å². The van der Waals surface area contributed by atoms with Gasteiger partial charge in [0.2, 0.25) is 11.8 Å². The molecule has 3 aromatic rings. The van der Waals surface area contributed by atoms with Gasteiger partial charge in [-0.05, 0) is 48.7 Å². The molecule has 1 aliphatic heterocycles. The Morgan fingerprint density at radius 3 is 2.31 bits per heavy atom. The lowest BCUT2D eigenvalue weighted by atomic mass is 10.0. The van der Waals surface area contributed by atoms with Gasteiger partial charge < -0.3 is 21.3 Å². The van der Waals surface area contributed by atoms with E-state index in [-0.39, 0.29) is 18.2 Å². The van der Waals surface area contributed by atoms with Crippen LogP contribution >= 0.6 is 11.6 Å². The SMILES string of the molecule is NC(=O)c1ccc(N2CCCC2)c(NC(=O)CC(NC(=O)c2ccccc2Cl)c2ccccc2)c1. The third-order valence-electron chi connectivity index (χ3n) is 6.02. The van der Waals surface area contributed by atoms with E-state index in [1.54, 1.807) is 36.4 Å². The molecular formula is C27H27ClN4O3. The minimum Gasteiger partial charge on any atom is -0.370 e. The van der Waals surface area contributed by atoms with Crippen LogP contribution in [0, 0.1) is 0 Å². The molecule has 0 bridgehead atoms. The highest BCUT2D eigenvalue weighted by Gasteiger charge is 2.23. The van der Waals surface area contributed by atoms with Gasteiger partial charge >= 0.3 is 0 Å². The summed E-state index contributed by atoms with van der Waals surface area (Å²) in [6.45, 7) is 1.75. The van der Waals surface area contributed by atoms with Crippen molar-refractivity contribution in [1.29, 1.82) is 0 Å². The Labute approximate surface area is 209 Å². The van der Waals surface area contributed by atoms with Crippen molar-refractivity contribution in [2.75, 3.05) is 23.3 Å². The fraction of sp³-hybridized carbons (Fsp3) is 0.222. The molecule has 3 amide bonds. The quantitative estimate of drug-likeness (QED) is 0.431. The predicted molar refractivity (Wildman–Crippen MR) is 138 cm³/mol. The molecule has 8 heteroatoms. The van der Waals surface area contributed by atoms with Crippen molar-refractivity contribution < 1.29 is 14.4 Å². The number of anilines is 2. The fourth-order valence-corrected chi connectivity index (χ4v) is 4.45. The summed E-state index contributed by atoms with van der Waals surface area (Å²) in [5, 5.41) is 6.21.